The summed E-state index contributed by atoms with van der Waals surface area (Å²) in [5.74, 6) is 1.40. The molecule has 1 saturated heterocycles. The molecule has 1 atom stereocenters. The van der Waals surface area contributed by atoms with E-state index in [0.717, 1.165) is 74.4 Å². The van der Waals surface area contributed by atoms with Crippen LogP contribution >= 0.6 is 0 Å². The van der Waals surface area contributed by atoms with E-state index < -0.39 is 0 Å². The summed E-state index contributed by atoms with van der Waals surface area (Å²) in [5, 5.41) is 15.6. The maximum atomic E-state index is 14.0. The number of hydrogen-bond donors (Lipinski definition) is 2. The van der Waals surface area contributed by atoms with Crippen LogP contribution in [0.15, 0.2) is 29.2 Å². The van der Waals surface area contributed by atoms with Gasteiger partial charge in [-0.25, -0.2) is 4.98 Å². The number of fused-ring (bicyclic) bond motifs is 3. The fraction of sp³-hybridized carbons (Fsp3) is 0.593. The van der Waals surface area contributed by atoms with Crippen molar-refractivity contribution in [2.45, 2.75) is 51.5 Å². The second-order valence-corrected chi connectivity index (χ2v) is 10.2. The second kappa shape index (κ2) is 10.5. The van der Waals surface area contributed by atoms with E-state index in [1.165, 1.54) is 12.8 Å². The summed E-state index contributed by atoms with van der Waals surface area (Å²) in [4.78, 5) is 28.2. The summed E-state index contributed by atoms with van der Waals surface area (Å²) in [6, 6.07) is 6.12. The average molecular weight is 479 g/mol. The Hall–Kier alpha value is -2.71. The molecule has 2 N–H and O–H groups in total. The van der Waals surface area contributed by atoms with Gasteiger partial charge in [-0.05, 0) is 49.7 Å². The number of anilines is 2. The maximum absolute atomic E-state index is 14.0. The number of nitrogens with one attached hydrogen (secondary N) is 1. The number of rotatable bonds is 10. The molecule has 0 unspecified atom stereocenters. The van der Waals surface area contributed by atoms with E-state index in [9.17, 15) is 9.90 Å². The Morgan fingerprint density at radius 3 is 2.63 bits per heavy atom. The first-order valence-electron chi connectivity index (χ1n) is 13.2. The zero-order valence-corrected chi connectivity index (χ0v) is 21.0. The summed E-state index contributed by atoms with van der Waals surface area (Å²) in [7, 11) is 2.15. The van der Waals surface area contributed by atoms with E-state index in [1.807, 2.05) is 16.8 Å². The first-order valence-corrected chi connectivity index (χ1v) is 13.2. The Balaban J connectivity index is 1.61. The van der Waals surface area contributed by atoms with Gasteiger partial charge in [-0.1, -0.05) is 32.3 Å². The lowest BCUT2D eigenvalue weighted by molar-refractivity contribution is 0.252. The Kier molecular flexibility index (Phi) is 7.20. The molecule has 188 valence electrons. The number of aliphatic hydroxyl groups excluding tert-OH is 1. The predicted molar refractivity (Wildman–Crippen MR) is 142 cm³/mol. The maximum Gasteiger partial charge on any atom is 0.260 e. The van der Waals surface area contributed by atoms with Crippen molar-refractivity contribution in [1.82, 2.24) is 19.4 Å². The van der Waals surface area contributed by atoms with Crippen molar-refractivity contribution in [3.63, 3.8) is 0 Å². The molecule has 8 nitrogen and oxygen atoms in total. The first kappa shape index (κ1) is 24.0. The number of aromatic nitrogens is 3. The van der Waals surface area contributed by atoms with Crippen LogP contribution < -0.4 is 15.8 Å². The normalized spacial score (nSPS) is 17.9. The van der Waals surface area contributed by atoms with E-state index >= 15 is 0 Å². The standard InChI is InChI=1S/C27H38N6O2/c1-3-4-20(10-16-34)33-25-24(18-29-27(30-25)28-11-9-19-5-6-19)22-8-7-21(17-23(22)26(33)35)32-14-12-31(2)13-15-32/h7-8,17-20,34H,3-6,9-16H2,1-2H3,(H,28,29,30)/t20-/m0/s1. The third kappa shape index (κ3) is 5.14. The Bertz CT molecular complexity index is 1220. The summed E-state index contributed by atoms with van der Waals surface area (Å²) < 4.78 is 1.83. The molecule has 1 aliphatic carbocycles. The molecule has 35 heavy (non-hydrogen) atoms. The van der Waals surface area contributed by atoms with Gasteiger partial charge in [0.2, 0.25) is 5.95 Å². The average Bonchev–Trinajstić information content (AvgIpc) is 3.69. The van der Waals surface area contributed by atoms with Gasteiger partial charge in [-0.15, -0.1) is 0 Å². The quantitative estimate of drug-likeness (QED) is 0.430. The van der Waals surface area contributed by atoms with Crippen LogP contribution in [-0.2, 0) is 0 Å². The van der Waals surface area contributed by atoms with Gasteiger partial charge in [-0.2, -0.15) is 4.98 Å². The number of hydrogen-bond acceptors (Lipinski definition) is 7. The number of aliphatic hydroxyl groups is 1. The number of likely N-dealkylation sites (N-methyl/N-ethyl adjacent to an activating group) is 1. The molecule has 0 spiro atoms. The molecule has 0 bridgehead atoms. The number of nitrogens with zero attached hydrogens (tertiary/aromatic N) is 5. The van der Waals surface area contributed by atoms with Crippen LogP contribution in [0.3, 0.4) is 0 Å². The fourth-order valence-corrected chi connectivity index (χ4v) is 5.28. The molecule has 5 rings (SSSR count). The lowest BCUT2D eigenvalue weighted by Crippen LogP contribution is -2.44. The topological polar surface area (TPSA) is 86.5 Å². The smallest absolute Gasteiger partial charge is 0.260 e. The van der Waals surface area contributed by atoms with Gasteiger partial charge < -0.3 is 20.2 Å². The van der Waals surface area contributed by atoms with Crippen LogP contribution in [0.1, 0.15) is 51.5 Å². The van der Waals surface area contributed by atoms with Crippen molar-refractivity contribution in [3.05, 3.63) is 34.7 Å². The number of benzene rings is 1. The molecule has 1 saturated carbocycles. The van der Waals surface area contributed by atoms with Gasteiger partial charge in [0.05, 0.1) is 5.39 Å². The van der Waals surface area contributed by atoms with Crippen LogP contribution in [0.25, 0.3) is 21.8 Å². The summed E-state index contributed by atoms with van der Waals surface area (Å²) in [6.45, 7) is 6.92. The lowest BCUT2D eigenvalue weighted by Gasteiger charge is -2.34. The molecule has 2 aromatic heterocycles. The molecule has 0 amide bonds. The zero-order chi connectivity index (χ0) is 24.4. The van der Waals surface area contributed by atoms with Crippen molar-refractivity contribution >= 4 is 33.4 Å². The molecular formula is C27H38N6O2. The van der Waals surface area contributed by atoms with Gasteiger partial charge in [-0.3, -0.25) is 9.36 Å². The highest BCUT2D eigenvalue weighted by Crippen LogP contribution is 2.32. The third-order valence-corrected chi connectivity index (χ3v) is 7.59. The van der Waals surface area contributed by atoms with Gasteiger partial charge in [0.15, 0.2) is 0 Å². The number of piperazine rings is 1. The Morgan fingerprint density at radius 2 is 1.91 bits per heavy atom. The van der Waals surface area contributed by atoms with Crippen LogP contribution in [-0.4, -0.2) is 70.9 Å². The van der Waals surface area contributed by atoms with Crippen LogP contribution in [0.2, 0.25) is 0 Å². The highest BCUT2D eigenvalue weighted by molar-refractivity contribution is 6.05. The first-order chi connectivity index (χ1) is 17.1. The molecule has 8 heteroatoms. The van der Waals surface area contributed by atoms with E-state index in [2.05, 4.69) is 46.2 Å². The largest absolute Gasteiger partial charge is 0.396 e. The predicted octanol–water partition coefficient (Wildman–Crippen LogP) is 3.63. The summed E-state index contributed by atoms with van der Waals surface area (Å²) >= 11 is 0. The monoisotopic (exact) mass is 478 g/mol. The van der Waals surface area contributed by atoms with Crippen molar-refractivity contribution in [1.29, 1.82) is 0 Å². The summed E-state index contributed by atoms with van der Waals surface area (Å²) in [5.41, 5.74) is 1.71. The van der Waals surface area contributed by atoms with Gasteiger partial charge in [0.25, 0.3) is 5.56 Å². The molecule has 2 fully saturated rings. The molecule has 1 aliphatic heterocycles. The van der Waals surface area contributed by atoms with E-state index in [0.29, 0.717) is 23.4 Å². The highest BCUT2D eigenvalue weighted by atomic mass is 16.3. The minimum atomic E-state index is -0.106. The summed E-state index contributed by atoms with van der Waals surface area (Å²) in [6.07, 6.45) is 7.90. The van der Waals surface area contributed by atoms with Crippen molar-refractivity contribution in [2.24, 2.45) is 5.92 Å². The van der Waals surface area contributed by atoms with Gasteiger partial charge in [0.1, 0.15) is 5.65 Å². The van der Waals surface area contributed by atoms with Crippen LogP contribution in [0, 0.1) is 5.92 Å². The molecule has 0 radical (unpaired) electrons. The minimum absolute atomic E-state index is 0.0296. The SMILES string of the molecule is CCC[C@@H](CCO)n1c(=O)c2cc(N3CCN(C)CC3)ccc2c2cnc(NCCC3CC3)nc21. The molecule has 2 aliphatic rings. The molecule has 1 aromatic carbocycles. The van der Waals surface area contributed by atoms with Crippen molar-refractivity contribution < 1.29 is 5.11 Å². The minimum Gasteiger partial charge on any atom is -0.396 e. The Morgan fingerprint density at radius 1 is 1.11 bits per heavy atom. The van der Waals surface area contributed by atoms with E-state index in [-0.39, 0.29) is 18.2 Å². The van der Waals surface area contributed by atoms with Crippen molar-refractivity contribution in [2.75, 3.05) is 56.6 Å². The van der Waals surface area contributed by atoms with Gasteiger partial charge in [0, 0.05) is 62.6 Å². The highest BCUT2D eigenvalue weighted by Gasteiger charge is 2.23. The third-order valence-electron chi connectivity index (χ3n) is 7.59. The second-order valence-electron chi connectivity index (χ2n) is 10.2. The number of pyridine rings is 1. The molecule has 3 aromatic rings. The lowest BCUT2D eigenvalue weighted by atomic mass is 10.0. The molecular weight excluding hydrogens is 440 g/mol. The Labute approximate surface area is 207 Å². The van der Waals surface area contributed by atoms with Crippen molar-refractivity contribution in [3.8, 4) is 0 Å². The molecule has 3 heterocycles. The van der Waals surface area contributed by atoms with Crippen LogP contribution in [0.5, 0.6) is 0 Å². The fourth-order valence-electron chi connectivity index (χ4n) is 5.28. The zero-order valence-electron chi connectivity index (χ0n) is 21.0. The van der Waals surface area contributed by atoms with E-state index in [4.69, 9.17) is 4.98 Å². The van der Waals surface area contributed by atoms with E-state index in [1.54, 1.807) is 0 Å². The van der Waals surface area contributed by atoms with Gasteiger partial charge >= 0.3 is 0 Å². The van der Waals surface area contributed by atoms with Crippen LogP contribution in [0.4, 0.5) is 11.6 Å².